The van der Waals surface area contributed by atoms with Gasteiger partial charge in [-0.15, -0.1) is 0 Å². The highest BCUT2D eigenvalue weighted by Crippen LogP contribution is 2.61. The van der Waals surface area contributed by atoms with Gasteiger partial charge in [-0.3, -0.25) is 14.4 Å². The molecule has 0 radical (unpaired) electrons. The largest absolute Gasteiger partial charge is 0.274 e. The number of hydrogen-bond acceptors (Lipinski definition) is 3. The van der Waals surface area contributed by atoms with Crippen molar-refractivity contribution in [2.45, 2.75) is 18.4 Å². The Bertz CT molecular complexity index is 1570. The fourth-order valence-corrected chi connectivity index (χ4v) is 7.11. The van der Waals surface area contributed by atoms with E-state index in [1.165, 1.54) is 5.01 Å². The molecule has 0 spiro atoms. The summed E-state index contributed by atoms with van der Waals surface area (Å²) in [5, 5.41) is 2.97. The molecular formula is C32H22Cl2N2O3. The van der Waals surface area contributed by atoms with Crippen LogP contribution in [-0.2, 0) is 16.1 Å². The van der Waals surface area contributed by atoms with Crippen molar-refractivity contribution >= 4 is 40.9 Å². The van der Waals surface area contributed by atoms with Gasteiger partial charge in [0.1, 0.15) is 0 Å². The standard InChI is InChI=1S/C32H22Cl2N2O3/c33-24-15-7-1-9-18(24)17-35(30(37)23-14-6-8-16-25(23)34)36-31(38)28-26-19-10-2-3-11-20(19)27(29(28)32(36)39)22-13-5-4-12-21(22)26/h1-16,26-29H,17H2/t26?,27?,28-,29-/m1/s1. The summed E-state index contributed by atoms with van der Waals surface area (Å²) in [4.78, 5) is 42.7. The zero-order chi connectivity index (χ0) is 26.8. The van der Waals surface area contributed by atoms with Gasteiger partial charge in [-0.05, 0) is 46.0 Å². The lowest BCUT2D eigenvalue weighted by Crippen LogP contribution is -2.50. The number of carbonyl (C=O) groups is 3. The first-order chi connectivity index (χ1) is 19.0. The van der Waals surface area contributed by atoms with E-state index in [-0.39, 0.29) is 40.8 Å². The Balaban J connectivity index is 1.37. The van der Waals surface area contributed by atoms with Crippen LogP contribution in [0.1, 0.15) is 50.0 Å². The minimum Gasteiger partial charge on any atom is -0.272 e. The van der Waals surface area contributed by atoms with Crippen molar-refractivity contribution in [2.75, 3.05) is 0 Å². The summed E-state index contributed by atoms with van der Waals surface area (Å²) in [7, 11) is 0. The summed E-state index contributed by atoms with van der Waals surface area (Å²) in [5.74, 6) is -3.06. The topological polar surface area (TPSA) is 57.7 Å². The van der Waals surface area contributed by atoms with E-state index in [4.69, 9.17) is 23.2 Å². The molecule has 5 nitrogen and oxygen atoms in total. The molecule has 2 atom stereocenters. The molecule has 8 rings (SSSR count). The van der Waals surface area contributed by atoms with Gasteiger partial charge in [0.25, 0.3) is 17.7 Å². The van der Waals surface area contributed by atoms with E-state index >= 15 is 0 Å². The lowest BCUT2D eigenvalue weighted by molar-refractivity contribution is -0.155. The number of amides is 3. The van der Waals surface area contributed by atoms with Crippen LogP contribution in [0, 0.1) is 11.8 Å². The van der Waals surface area contributed by atoms with Gasteiger partial charge in [-0.25, -0.2) is 5.01 Å². The van der Waals surface area contributed by atoms with Gasteiger partial charge < -0.3 is 0 Å². The van der Waals surface area contributed by atoms with Crippen LogP contribution in [0.3, 0.4) is 0 Å². The van der Waals surface area contributed by atoms with E-state index < -0.39 is 17.7 Å². The van der Waals surface area contributed by atoms with Gasteiger partial charge in [0.2, 0.25) is 0 Å². The smallest absolute Gasteiger partial charge is 0.272 e. The van der Waals surface area contributed by atoms with Gasteiger partial charge in [0.15, 0.2) is 0 Å². The monoisotopic (exact) mass is 552 g/mol. The Kier molecular flexibility index (Phi) is 5.62. The molecular weight excluding hydrogens is 531 g/mol. The SMILES string of the molecule is O=C(c1ccccc1Cl)N(Cc1ccccc1Cl)N1C(=O)[C@@H]2C3c4ccccc4C(c4ccccc43)[C@H]2C1=O. The van der Waals surface area contributed by atoms with Crippen molar-refractivity contribution in [1.29, 1.82) is 0 Å². The Morgan fingerprint density at radius 3 is 1.56 bits per heavy atom. The Morgan fingerprint density at radius 1 is 0.641 bits per heavy atom. The summed E-state index contributed by atoms with van der Waals surface area (Å²) in [5.41, 5.74) is 5.10. The van der Waals surface area contributed by atoms with Crippen molar-refractivity contribution in [1.82, 2.24) is 10.0 Å². The fraction of sp³-hybridized carbons (Fsp3) is 0.156. The van der Waals surface area contributed by atoms with Gasteiger partial charge in [0.05, 0.1) is 29.0 Å². The zero-order valence-electron chi connectivity index (χ0n) is 20.6. The first-order valence-corrected chi connectivity index (χ1v) is 13.6. The summed E-state index contributed by atoms with van der Waals surface area (Å²) in [6, 6.07) is 29.8. The average Bonchev–Trinajstić information content (AvgIpc) is 3.22. The highest BCUT2D eigenvalue weighted by Gasteiger charge is 2.63. The molecule has 1 saturated heterocycles. The number of imide groups is 1. The van der Waals surface area contributed by atoms with Crippen LogP contribution in [-0.4, -0.2) is 27.7 Å². The number of benzene rings is 4. The summed E-state index contributed by atoms with van der Waals surface area (Å²) in [6.07, 6.45) is 0. The lowest BCUT2D eigenvalue weighted by Gasteiger charge is -2.45. The maximum atomic E-state index is 14.3. The molecule has 1 aliphatic heterocycles. The predicted octanol–water partition coefficient (Wildman–Crippen LogP) is 6.44. The van der Waals surface area contributed by atoms with Gasteiger partial charge in [-0.1, -0.05) is 102 Å². The molecule has 3 aliphatic carbocycles. The number of nitrogens with zero attached hydrogens (tertiary/aromatic N) is 2. The van der Waals surface area contributed by atoms with E-state index in [9.17, 15) is 14.4 Å². The number of carbonyl (C=O) groups excluding carboxylic acids is 3. The van der Waals surface area contributed by atoms with E-state index in [1.54, 1.807) is 48.5 Å². The normalized spacial score (nSPS) is 22.4. The van der Waals surface area contributed by atoms with Crippen molar-refractivity contribution in [3.63, 3.8) is 0 Å². The lowest BCUT2D eigenvalue weighted by atomic mass is 9.55. The van der Waals surface area contributed by atoms with Crippen LogP contribution in [0.2, 0.25) is 10.0 Å². The van der Waals surface area contributed by atoms with Gasteiger partial charge in [-0.2, -0.15) is 5.01 Å². The second-order valence-corrected chi connectivity index (χ2v) is 11.0. The van der Waals surface area contributed by atoms with Crippen molar-refractivity contribution < 1.29 is 14.4 Å². The van der Waals surface area contributed by atoms with Crippen LogP contribution in [0.15, 0.2) is 97.1 Å². The van der Waals surface area contributed by atoms with E-state index in [0.717, 1.165) is 27.3 Å². The molecule has 1 heterocycles. The first kappa shape index (κ1) is 24.1. The molecule has 4 aromatic rings. The number of halogens is 2. The second-order valence-electron chi connectivity index (χ2n) is 10.2. The Labute approximate surface area is 235 Å². The predicted molar refractivity (Wildman–Crippen MR) is 148 cm³/mol. The number of rotatable bonds is 4. The number of hydrazine groups is 1. The van der Waals surface area contributed by atoms with Crippen molar-refractivity contribution in [3.8, 4) is 0 Å². The van der Waals surface area contributed by atoms with Crippen LogP contribution in [0.5, 0.6) is 0 Å². The van der Waals surface area contributed by atoms with Gasteiger partial charge in [0, 0.05) is 16.9 Å². The van der Waals surface area contributed by atoms with E-state index in [2.05, 4.69) is 24.3 Å². The van der Waals surface area contributed by atoms with Crippen LogP contribution in [0.25, 0.3) is 0 Å². The molecule has 192 valence electrons. The molecule has 1 fully saturated rings. The molecule has 4 aliphatic rings. The first-order valence-electron chi connectivity index (χ1n) is 12.8. The van der Waals surface area contributed by atoms with Crippen LogP contribution in [0.4, 0.5) is 0 Å². The fourth-order valence-electron chi connectivity index (χ4n) is 6.69. The summed E-state index contributed by atoms with van der Waals surface area (Å²) in [6.45, 7) is -0.0596. The third kappa shape index (κ3) is 3.50. The maximum absolute atomic E-state index is 14.3. The highest BCUT2D eigenvalue weighted by atomic mass is 35.5. The Morgan fingerprint density at radius 2 is 1.08 bits per heavy atom. The van der Waals surface area contributed by atoms with Crippen molar-refractivity contribution in [2.24, 2.45) is 11.8 Å². The summed E-state index contributed by atoms with van der Waals surface area (Å²) < 4.78 is 0. The second kappa shape index (κ2) is 9.08. The molecule has 7 heteroatoms. The number of hydrogen-bond donors (Lipinski definition) is 0. The minimum absolute atomic E-state index is 0.0596. The van der Waals surface area contributed by atoms with E-state index in [0.29, 0.717) is 10.6 Å². The highest BCUT2D eigenvalue weighted by molar-refractivity contribution is 6.34. The molecule has 4 aromatic carbocycles. The molecule has 39 heavy (non-hydrogen) atoms. The molecule has 2 bridgehead atoms. The van der Waals surface area contributed by atoms with Crippen LogP contribution < -0.4 is 0 Å². The van der Waals surface area contributed by atoms with E-state index in [1.807, 2.05) is 24.3 Å². The summed E-state index contributed by atoms with van der Waals surface area (Å²) >= 11 is 12.9. The van der Waals surface area contributed by atoms with Crippen molar-refractivity contribution in [3.05, 3.63) is 140 Å². The zero-order valence-corrected chi connectivity index (χ0v) is 22.1. The molecule has 3 amide bonds. The minimum atomic E-state index is -0.611. The molecule has 0 saturated carbocycles. The average molecular weight is 553 g/mol. The molecule has 0 unspecified atom stereocenters. The van der Waals surface area contributed by atoms with Gasteiger partial charge >= 0.3 is 0 Å². The Hall–Kier alpha value is -3.93. The third-order valence-corrected chi connectivity index (χ3v) is 8.98. The molecule has 0 aromatic heterocycles. The third-order valence-electron chi connectivity index (χ3n) is 8.28. The quantitative estimate of drug-likeness (QED) is 0.273. The van der Waals surface area contributed by atoms with Crippen LogP contribution >= 0.6 is 23.2 Å². The molecule has 0 N–H and O–H groups in total. The maximum Gasteiger partial charge on any atom is 0.274 e.